The van der Waals surface area contributed by atoms with Crippen molar-refractivity contribution in [3.8, 4) is 0 Å². The number of halogens is 1. The summed E-state index contributed by atoms with van der Waals surface area (Å²) in [6.45, 7) is 0. The standard InChI is InChI=1S/C14H14ClNO4S2/c1-16(21(2,17)18)14-9-8-12(10-13(14)15)22(19,20)11-6-4-3-5-7-11/h3-10H,1-2H3. The molecule has 0 aromatic heterocycles. The monoisotopic (exact) mass is 359 g/mol. The van der Waals surface area contributed by atoms with E-state index in [0.29, 0.717) is 0 Å². The van der Waals surface area contributed by atoms with E-state index in [4.69, 9.17) is 11.6 Å². The number of sulfone groups is 1. The molecule has 0 heterocycles. The van der Waals surface area contributed by atoms with Crippen molar-refractivity contribution in [1.29, 1.82) is 0 Å². The maximum atomic E-state index is 12.5. The van der Waals surface area contributed by atoms with E-state index in [1.807, 2.05) is 0 Å². The van der Waals surface area contributed by atoms with Crippen molar-refractivity contribution in [3.63, 3.8) is 0 Å². The first-order valence-electron chi connectivity index (χ1n) is 6.17. The molecule has 5 nitrogen and oxygen atoms in total. The molecule has 2 aromatic rings. The lowest BCUT2D eigenvalue weighted by Crippen LogP contribution is -2.25. The normalized spacial score (nSPS) is 12.1. The fourth-order valence-electron chi connectivity index (χ4n) is 1.82. The van der Waals surface area contributed by atoms with E-state index in [9.17, 15) is 16.8 Å². The van der Waals surface area contributed by atoms with Crippen molar-refractivity contribution in [3.05, 3.63) is 53.6 Å². The van der Waals surface area contributed by atoms with Gasteiger partial charge in [-0.25, -0.2) is 16.8 Å². The summed E-state index contributed by atoms with van der Waals surface area (Å²) in [6, 6.07) is 11.9. The zero-order valence-electron chi connectivity index (χ0n) is 11.9. The van der Waals surface area contributed by atoms with Gasteiger partial charge in [0, 0.05) is 7.05 Å². The number of hydrogen-bond acceptors (Lipinski definition) is 4. The minimum Gasteiger partial charge on any atom is -0.272 e. The van der Waals surface area contributed by atoms with Crippen LogP contribution >= 0.6 is 11.6 Å². The smallest absolute Gasteiger partial charge is 0.232 e. The third-order valence-corrected chi connectivity index (χ3v) is 6.38. The first kappa shape index (κ1) is 16.8. The number of sulfonamides is 1. The largest absolute Gasteiger partial charge is 0.272 e. The Kier molecular flexibility index (Phi) is 4.51. The molecule has 0 bridgehead atoms. The summed E-state index contributed by atoms with van der Waals surface area (Å²) in [6.07, 6.45) is 1.04. The molecule has 0 radical (unpaired) electrons. The number of anilines is 1. The minimum atomic E-state index is -3.69. The Bertz CT molecular complexity index is 894. The Balaban J connectivity index is 2.51. The lowest BCUT2D eigenvalue weighted by atomic mass is 10.3. The zero-order valence-corrected chi connectivity index (χ0v) is 14.3. The van der Waals surface area contributed by atoms with Crippen LogP contribution < -0.4 is 4.31 Å². The van der Waals surface area contributed by atoms with E-state index in [2.05, 4.69) is 0 Å². The second-order valence-corrected chi connectivity index (χ2v) is 9.03. The molecule has 0 aliphatic rings. The molecular weight excluding hydrogens is 346 g/mol. The van der Waals surface area contributed by atoms with Gasteiger partial charge in [-0.1, -0.05) is 29.8 Å². The average molecular weight is 360 g/mol. The van der Waals surface area contributed by atoms with Crippen LogP contribution in [0.3, 0.4) is 0 Å². The van der Waals surface area contributed by atoms with Gasteiger partial charge in [-0.15, -0.1) is 0 Å². The minimum absolute atomic E-state index is 0.00866. The molecule has 2 rings (SSSR count). The predicted molar refractivity (Wildman–Crippen MR) is 86.6 cm³/mol. The van der Waals surface area contributed by atoms with E-state index in [0.717, 1.165) is 10.6 Å². The van der Waals surface area contributed by atoms with Gasteiger partial charge in [-0.3, -0.25) is 4.31 Å². The summed E-state index contributed by atoms with van der Waals surface area (Å²) in [4.78, 5) is 0.157. The van der Waals surface area contributed by atoms with Crippen LogP contribution in [0.2, 0.25) is 5.02 Å². The highest BCUT2D eigenvalue weighted by molar-refractivity contribution is 7.92. The summed E-state index contributed by atoms with van der Waals surface area (Å²) in [5.41, 5.74) is 0.219. The Morgan fingerprint density at radius 1 is 0.909 bits per heavy atom. The summed E-state index contributed by atoms with van der Waals surface area (Å²) in [5, 5.41) is 0.0462. The molecule has 0 spiro atoms. The van der Waals surface area contributed by atoms with Gasteiger partial charge in [-0.2, -0.15) is 0 Å². The fourth-order valence-corrected chi connectivity index (χ4v) is 4.07. The van der Waals surface area contributed by atoms with Crippen LogP contribution in [-0.2, 0) is 19.9 Å². The Morgan fingerprint density at radius 2 is 1.50 bits per heavy atom. The molecule has 0 N–H and O–H groups in total. The zero-order chi connectivity index (χ0) is 16.5. The highest BCUT2D eigenvalue weighted by Gasteiger charge is 2.21. The molecule has 0 atom stereocenters. The molecule has 8 heteroatoms. The molecular formula is C14H14ClNO4S2. The highest BCUT2D eigenvalue weighted by atomic mass is 35.5. The predicted octanol–water partition coefficient (Wildman–Crippen LogP) is 2.57. The number of rotatable bonds is 4. The summed E-state index contributed by atoms with van der Waals surface area (Å²) in [5.74, 6) is 0. The van der Waals surface area contributed by atoms with E-state index >= 15 is 0 Å². The molecule has 0 fully saturated rings. The summed E-state index contributed by atoms with van der Waals surface area (Å²) in [7, 11) is -5.82. The lowest BCUT2D eigenvalue weighted by Gasteiger charge is -2.18. The maximum absolute atomic E-state index is 12.5. The molecule has 0 unspecified atom stereocenters. The van der Waals surface area contributed by atoms with Crippen LogP contribution in [0.4, 0.5) is 5.69 Å². The van der Waals surface area contributed by atoms with Gasteiger partial charge in [0.05, 0.1) is 26.8 Å². The van der Waals surface area contributed by atoms with Crippen molar-refractivity contribution in [1.82, 2.24) is 0 Å². The quantitative estimate of drug-likeness (QED) is 0.841. The van der Waals surface area contributed by atoms with Crippen LogP contribution in [0.25, 0.3) is 0 Å². The maximum Gasteiger partial charge on any atom is 0.232 e. The van der Waals surface area contributed by atoms with Gasteiger partial charge in [0.1, 0.15) is 0 Å². The highest BCUT2D eigenvalue weighted by Crippen LogP contribution is 2.31. The van der Waals surface area contributed by atoms with Crippen LogP contribution in [-0.4, -0.2) is 30.1 Å². The van der Waals surface area contributed by atoms with Crippen molar-refractivity contribution in [2.45, 2.75) is 9.79 Å². The van der Waals surface area contributed by atoms with Crippen LogP contribution in [0.5, 0.6) is 0 Å². The van der Waals surface area contributed by atoms with E-state index in [-0.39, 0.29) is 20.5 Å². The molecule has 0 saturated heterocycles. The third-order valence-electron chi connectivity index (χ3n) is 3.12. The molecule has 0 saturated carbocycles. The van der Waals surface area contributed by atoms with Crippen LogP contribution in [0.1, 0.15) is 0 Å². The molecule has 0 aliphatic carbocycles. The number of hydrogen-bond donors (Lipinski definition) is 0. The SMILES string of the molecule is CN(c1ccc(S(=O)(=O)c2ccccc2)cc1Cl)S(C)(=O)=O. The second kappa shape index (κ2) is 5.91. The first-order chi connectivity index (χ1) is 10.1. The number of nitrogens with zero attached hydrogens (tertiary/aromatic N) is 1. The molecule has 22 heavy (non-hydrogen) atoms. The average Bonchev–Trinajstić information content (AvgIpc) is 2.46. The van der Waals surface area contributed by atoms with Crippen molar-refractivity contribution in [2.75, 3.05) is 17.6 Å². The third kappa shape index (κ3) is 3.26. The van der Waals surface area contributed by atoms with Crippen LogP contribution in [0, 0.1) is 0 Å². The Hall–Kier alpha value is -1.57. The second-order valence-electron chi connectivity index (χ2n) is 4.66. The molecule has 0 aliphatic heterocycles. The topological polar surface area (TPSA) is 71.5 Å². The van der Waals surface area contributed by atoms with Gasteiger partial charge in [0.25, 0.3) is 0 Å². The van der Waals surface area contributed by atoms with Gasteiger partial charge in [0.15, 0.2) is 0 Å². The van der Waals surface area contributed by atoms with E-state index < -0.39 is 19.9 Å². The lowest BCUT2D eigenvalue weighted by molar-refractivity contribution is 0.596. The number of benzene rings is 2. The van der Waals surface area contributed by atoms with E-state index in [1.54, 1.807) is 18.2 Å². The van der Waals surface area contributed by atoms with Gasteiger partial charge in [0.2, 0.25) is 19.9 Å². The van der Waals surface area contributed by atoms with E-state index in [1.165, 1.54) is 37.4 Å². The summed E-state index contributed by atoms with van der Waals surface area (Å²) >= 11 is 6.05. The molecule has 2 aromatic carbocycles. The fraction of sp³-hybridized carbons (Fsp3) is 0.143. The molecule has 0 amide bonds. The molecule has 118 valence electrons. The Labute approximate surface area is 135 Å². The van der Waals surface area contributed by atoms with Crippen molar-refractivity contribution >= 4 is 37.1 Å². The van der Waals surface area contributed by atoms with Crippen molar-refractivity contribution < 1.29 is 16.8 Å². The van der Waals surface area contributed by atoms with Gasteiger partial charge < -0.3 is 0 Å². The van der Waals surface area contributed by atoms with Gasteiger partial charge in [-0.05, 0) is 30.3 Å². The summed E-state index contributed by atoms with van der Waals surface area (Å²) < 4.78 is 49.0. The first-order valence-corrected chi connectivity index (χ1v) is 9.88. The van der Waals surface area contributed by atoms with Crippen molar-refractivity contribution in [2.24, 2.45) is 0 Å². The van der Waals surface area contributed by atoms with Crippen LogP contribution in [0.15, 0.2) is 58.3 Å². The van der Waals surface area contributed by atoms with Gasteiger partial charge >= 0.3 is 0 Å². The Morgan fingerprint density at radius 3 is 2.00 bits per heavy atom.